The number of unbranched alkanes of at least 4 members (excludes halogenated alkanes) is 2. The van der Waals surface area contributed by atoms with Gasteiger partial charge in [-0.05, 0) is 65.1 Å². The lowest BCUT2D eigenvalue weighted by Gasteiger charge is -2.31. The van der Waals surface area contributed by atoms with E-state index in [0.717, 1.165) is 51.6 Å². The Morgan fingerprint density at radius 1 is 0.889 bits per heavy atom. The van der Waals surface area contributed by atoms with Gasteiger partial charge in [0.25, 0.3) is 5.91 Å². The van der Waals surface area contributed by atoms with Crippen LogP contribution >= 0.6 is 15.9 Å². The summed E-state index contributed by atoms with van der Waals surface area (Å²) in [6.45, 7) is 3.32. The van der Waals surface area contributed by atoms with Gasteiger partial charge in [-0.3, -0.25) is 10.2 Å². The van der Waals surface area contributed by atoms with Crippen LogP contribution in [0.15, 0.2) is 113 Å². The number of benzene rings is 4. The van der Waals surface area contributed by atoms with Crippen LogP contribution in [0.2, 0.25) is 0 Å². The summed E-state index contributed by atoms with van der Waals surface area (Å²) in [5, 5.41) is 9.08. The summed E-state index contributed by atoms with van der Waals surface area (Å²) in [6, 6.07) is 33.8. The molecule has 5 rings (SSSR count). The largest absolute Gasteiger partial charge is 0.494 e. The maximum atomic E-state index is 14.3. The van der Waals surface area contributed by atoms with Gasteiger partial charge in [0.1, 0.15) is 5.75 Å². The second-order valence-electron chi connectivity index (χ2n) is 11.2. The minimum atomic E-state index is -1.29. The first-order chi connectivity index (χ1) is 22.0. The number of carbonyl (C=O) groups excluding carboxylic acids is 1. The monoisotopic (exact) mass is 669 g/mol. The molecule has 2 atom stereocenters. The number of nitrogens with zero attached hydrogens (tertiary/aromatic N) is 1. The molecule has 0 bridgehead atoms. The van der Waals surface area contributed by atoms with Crippen molar-refractivity contribution in [2.75, 3.05) is 19.8 Å². The first-order valence-electron chi connectivity index (χ1n) is 15.6. The van der Waals surface area contributed by atoms with Crippen LogP contribution in [0.5, 0.6) is 5.75 Å². The Bertz CT molecular complexity index is 1540. The smallest absolute Gasteiger partial charge is 0.266 e. The van der Waals surface area contributed by atoms with Gasteiger partial charge in [0.2, 0.25) is 5.90 Å². The zero-order valence-electron chi connectivity index (χ0n) is 25.5. The number of hydrazine groups is 1. The van der Waals surface area contributed by atoms with Crippen molar-refractivity contribution in [3.05, 3.63) is 124 Å². The molecule has 8 heteroatoms. The normalized spacial score (nSPS) is 17.4. The quantitative estimate of drug-likeness (QED) is 0.0921. The predicted octanol–water partition coefficient (Wildman–Crippen LogP) is 7.19. The molecule has 4 aromatic carbocycles. The number of ether oxygens (including phenoxy) is 2. The van der Waals surface area contributed by atoms with E-state index in [-0.39, 0.29) is 12.5 Å². The number of hydrogen-bond donors (Lipinski definition) is 3. The Kier molecular flexibility index (Phi) is 11.4. The lowest BCUT2D eigenvalue weighted by atomic mass is 9.82. The van der Waals surface area contributed by atoms with Gasteiger partial charge < -0.3 is 14.6 Å². The van der Waals surface area contributed by atoms with E-state index in [1.807, 2.05) is 78.9 Å². The maximum absolute atomic E-state index is 14.3. The number of rotatable bonds is 15. The molecule has 234 valence electrons. The van der Waals surface area contributed by atoms with Crippen LogP contribution in [0.3, 0.4) is 0 Å². The van der Waals surface area contributed by atoms with Crippen molar-refractivity contribution in [2.45, 2.75) is 50.7 Å². The molecule has 0 aromatic heterocycles. The van der Waals surface area contributed by atoms with Crippen LogP contribution < -0.4 is 15.6 Å². The van der Waals surface area contributed by atoms with Crippen LogP contribution in [-0.2, 0) is 16.0 Å². The molecule has 45 heavy (non-hydrogen) atoms. The van der Waals surface area contributed by atoms with E-state index in [1.54, 1.807) is 0 Å². The van der Waals surface area contributed by atoms with Crippen molar-refractivity contribution in [1.29, 1.82) is 0 Å². The van der Waals surface area contributed by atoms with Gasteiger partial charge in [-0.1, -0.05) is 102 Å². The van der Waals surface area contributed by atoms with Gasteiger partial charge in [-0.15, -0.1) is 0 Å². The fourth-order valence-corrected chi connectivity index (χ4v) is 5.66. The van der Waals surface area contributed by atoms with Crippen LogP contribution in [0.1, 0.15) is 55.4 Å². The van der Waals surface area contributed by atoms with Crippen LogP contribution in [0.4, 0.5) is 0 Å². The van der Waals surface area contributed by atoms with Crippen molar-refractivity contribution in [1.82, 2.24) is 10.9 Å². The Hall–Kier alpha value is -3.98. The number of nitrogens with one attached hydrogen (secondary N) is 2. The van der Waals surface area contributed by atoms with Crippen molar-refractivity contribution >= 4 is 27.7 Å². The van der Waals surface area contributed by atoms with Crippen molar-refractivity contribution in [3.63, 3.8) is 0 Å². The summed E-state index contributed by atoms with van der Waals surface area (Å²) in [7, 11) is 0. The number of aliphatic hydroxyl groups excluding tert-OH is 1. The number of carbonyl (C=O) groups is 1. The average molecular weight is 671 g/mol. The highest BCUT2D eigenvalue weighted by Gasteiger charge is 2.53. The molecule has 4 aromatic rings. The number of aliphatic imine (C=N–C) groups is 1. The van der Waals surface area contributed by atoms with Gasteiger partial charge >= 0.3 is 0 Å². The van der Waals surface area contributed by atoms with E-state index in [9.17, 15) is 4.79 Å². The second-order valence-corrected chi connectivity index (χ2v) is 12.1. The van der Waals surface area contributed by atoms with E-state index >= 15 is 0 Å². The highest BCUT2D eigenvalue weighted by atomic mass is 79.9. The lowest BCUT2D eigenvalue weighted by molar-refractivity contribution is -0.130. The third kappa shape index (κ3) is 8.19. The Morgan fingerprint density at radius 3 is 2.27 bits per heavy atom. The van der Waals surface area contributed by atoms with Crippen LogP contribution in [-0.4, -0.2) is 42.2 Å². The van der Waals surface area contributed by atoms with E-state index in [1.165, 1.54) is 0 Å². The highest BCUT2D eigenvalue weighted by Crippen LogP contribution is 2.43. The number of amides is 1. The molecular weight excluding hydrogens is 630 g/mol. The Labute approximate surface area is 273 Å². The molecule has 0 saturated heterocycles. The van der Waals surface area contributed by atoms with Gasteiger partial charge in [0, 0.05) is 36.0 Å². The third-order valence-corrected chi connectivity index (χ3v) is 8.37. The zero-order valence-corrected chi connectivity index (χ0v) is 27.1. The molecule has 0 saturated carbocycles. The minimum absolute atomic E-state index is 0.0758. The van der Waals surface area contributed by atoms with Crippen LogP contribution in [0, 0.1) is 0 Å². The van der Waals surface area contributed by atoms with Crippen molar-refractivity contribution in [2.24, 2.45) is 4.99 Å². The van der Waals surface area contributed by atoms with Crippen molar-refractivity contribution < 1.29 is 19.4 Å². The molecule has 1 aliphatic rings. The first-order valence-corrected chi connectivity index (χ1v) is 16.4. The van der Waals surface area contributed by atoms with Crippen LogP contribution in [0.25, 0.3) is 11.1 Å². The van der Waals surface area contributed by atoms with Gasteiger partial charge in [0.05, 0.1) is 6.61 Å². The minimum Gasteiger partial charge on any atom is -0.494 e. The van der Waals surface area contributed by atoms with Gasteiger partial charge in [0.15, 0.2) is 11.6 Å². The fourth-order valence-electron chi connectivity index (χ4n) is 5.39. The number of halogens is 1. The van der Waals surface area contributed by atoms with Crippen molar-refractivity contribution in [3.8, 4) is 16.9 Å². The molecule has 7 nitrogen and oxygen atoms in total. The standard InChI is InChI=1S/C37H40BrN3O4/c1-2-3-7-23-39-41-36(43)37(26-27-11-19-32(38)20-12-27)34(30-15-13-29(14-16-30)28-9-5-4-6-10-28)45-35(40-37)31-17-21-33(22-18-31)44-25-8-24-42/h4-6,9-22,34,39,42H,2-3,7-8,23-26H2,1H3,(H,41,43)/t34-,37-/m0/s1. The molecule has 3 N–H and O–H groups in total. The number of aliphatic hydroxyl groups is 1. The first kappa shape index (κ1) is 32.4. The molecular formula is C37H40BrN3O4. The van der Waals surface area contributed by atoms with E-state index in [0.29, 0.717) is 37.6 Å². The summed E-state index contributed by atoms with van der Waals surface area (Å²) >= 11 is 3.53. The Balaban J connectivity index is 1.52. The zero-order chi connectivity index (χ0) is 31.5. The predicted molar refractivity (Wildman–Crippen MR) is 182 cm³/mol. The fraction of sp³-hybridized carbons (Fsp3) is 0.297. The van der Waals surface area contributed by atoms with Gasteiger partial charge in [-0.2, -0.15) is 0 Å². The lowest BCUT2D eigenvalue weighted by Crippen LogP contribution is -2.54. The SMILES string of the molecule is CCCCCNNC(=O)[C@@]1(Cc2ccc(Br)cc2)N=C(c2ccc(OCCCO)cc2)O[C@H]1c1ccc(-c2ccccc2)cc1. The summed E-state index contributed by atoms with van der Waals surface area (Å²) in [5.74, 6) is 0.833. The summed E-state index contributed by atoms with van der Waals surface area (Å²) in [5.41, 5.74) is 9.59. The van der Waals surface area contributed by atoms with E-state index < -0.39 is 11.6 Å². The highest BCUT2D eigenvalue weighted by molar-refractivity contribution is 9.10. The number of hydrogen-bond acceptors (Lipinski definition) is 6. The molecule has 0 unspecified atom stereocenters. The molecule has 1 heterocycles. The molecule has 0 spiro atoms. The summed E-state index contributed by atoms with van der Waals surface area (Å²) < 4.78 is 13.4. The van der Waals surface area contributed by atoms with E-state index in [4.69, 9.17) is 19.6 Å². The molecule has 0 fully saturated rings. The van der Waals surface area contributed by atoms with Gasteiger partial charge in [-0.25, -0.2) is 10.4 Å². The average Bonchev–Trinajstić information content (AvgIpc) is 3.47. The molecule has 0 radical (unpaired) electrons. The third-order valence-electron chi connectivity index (χ3n) is 7.84. The molecule has 1 aliphatic heterocycles. The topological polar surface area (TPSA) is 92.2 Å². The molecule has 1 amide bonds. The summed E-state index contributed by atoms with van der Waals surface area (Å²) in [6.07, 6.45) is 3.34. The van der Waals surface area contributed by atoms with E-state index in [2.05, 4.69) is 58.0 Å². The maximum Gasteiger partial charge on any atom is 0.266 e. The second kappa shape index (κ2) is 15.8. The summed E-state index contributed by atoms with van der Waals surface area (Å²) in [4.78, 5) is 19.4. The molecule has 0 aliphatic carbocycles. The Morgan fingerprint density at radius 2 is 1.58 bits per heavy atom.